The number of nitrogens with one attached hydrogen (secondary N) is 1. The number of carboxylic acid groups (broad SMARTS) is 1. The molecular weight excluding hydrogens is 300 g/mol. The summed E-state index contributed by atoms with van der Waals surface area (Å²) in [4.78, 5) is 25.6. The second-order valence-electron chi connectivity index (χ2n) is 5.65. The van der Waals surface area contributed by atoms with Gasteiger partial charge in [0, 0.05) is 11.9 Å². The van der Waals surface area contributed by atoms with E-state index in [0.717, 1.165) is 4.88 Å². The van der Waals surface area contributed by atoms with E-state index in [4.69, 9.17) is 11.6 Å². The van der Waals surface area contributed by atoms with E-state index in [2.05, 4.69) is 5.32 Å². The number of hydrogen-bond donors (Lipinski definition) is 2. The lowest BCUT2D eigenvalue weighted by Crippen LogP contribution is -2.52. The molecule has 0 spiro atoms. The standard InChI is InChI=1S/C13H19ClN2O3S/c1-13(2,3)10(11(17)18)15-12(19)16(4)7-8-5-6-9(14)20-8/h5-6,10H,7H2,1-4H3,(H,15,19)(H,17,18)/t10-/m0/s1. The minimum atomic E-state index is -1.04. The third kappa shape index (κ3) is 4.68. The number of halogens is 1. The Labute approximate surface area is 127 Å². The zero-order chi connectivity index (χ0) is 15.5. The molecule has 0 saturated carbocycles. The van der Waals surface area contributed by atoms with Gasteiger partial charge in [-0.3, -0.25) is 0 Å². The zero-order valence-electron chi connectivity index (χ0n) is 11.9. The molecule has 1 rings (SSSR count). The first-order valence-corrected chi connectivity index (χ1v) is 7.29. The number of amides is 2. The first kappa shape index (κ1) is 16.8. The zero-order valence-corrected chi connectivity index (χ0v) is 13.5. The first-order chi connectivity index (χ1) is 9.11. The van der Waals surface area contributed by atoms with Gasteiger partial charge in [-0.05, 0) is 17.5 Å². The normalized spacial score (nSPS) is 12.8. The fourth-order valence-corrected chi connectivity index (χ4v) is 2.77. The average molecular weight is 319 g/mol. The highest BCUT2D eigenvalue weighted by atomic mass is 35.5. The molecule has 0 unspecified atom stereocenters. The van der Waals surface area contributed by atoms with Crippen molar-refractivity contribution in [2.24, 2.45) is 5.41 Å². The maximum absolute atomic E-state index is 12.0. The average Bonchev–Trinajstić information content (AvgIpc) is 2.69. The van der Waals surface area contributed by atoms with Crippen LogP contribution in [0.1, 0.15) is 25.6 Å². The maximum atomic E-state index is 12.0. The molecule has 1 aromatic heterocycles. The molecule has 2 amide bonds. The lowest BCUT2D eigenvalue weighted by atomic mass is 9.87. The topological polar surface area (TPSA) is 69.6 Å². The van der Waals surface area contributed by atoms with Crippen molar-refractivity contribution < 1.29 is 14.7 Å². The van der Waals surface area contributed by atoms with E-state index < -0.39 is 23.5 Å². The van der Waals surface area contributed by atoms with Crippen LogP contribution in [-0.4, -0.2) is 35.1 Å². The molecule has 7 heteroatoms. The summed E-state index contributed by atoms with van der Waals surface area (Å²) in [6, 6.07) is 2.25. The van der Waals surface area contributed by atoms with Crippen molar-refractivity contribution in [2.45, 2.75) is 33.4 Å². The van der Waals surface area contributed by atoms with E-state index in [9.17, 15) is 14.7 Å². The van der Waals surface area contributed by atoms with E-state index in [1.165, 1.54) is 16.2 Å². The van der Waals surface area contributed by atoms with Crippen LogP contribution in [0, 0.1) is 5.41 Å². The predicted molar refractivity (Wildman–Crippen MR) is 80.2 cm³/mol. The van der Waals surface area contributed by atoms with E-state index in [1.54, 1.807) is 33.9 Å². The van der Waals surface area contributed by atoms with Crippen LogP contribution >= 0.6 is 22.9 Å². The molecule has 112 valence electrons. The Bertz CT molecular complexity index is 496. The lowest BCUT2D eigenvalue weighted by Gasteiger charge is -2.29. The summed E-state index contributed by atoms with van der Waals surface area (Å²) in [5.74, 6) is -1.04. The van der Waals surface area contributed by atoms with E-state index in [-0.39, 0.29) is 0 Å². The second kappa shape index (κ2) is 6.45. The van der Waals surface area contributed by atoms with Gasteiger partial charge in [-0.15, -0.1) is 11.3 Å². The molecule has 1 atom stereocenters. The Morgan fingerprint density at radius 2 is 2.05 bits per heavy atom. The summed E-state index contributed by atoms with van der Waals surface area (Å²) >= 11 is 7.22. The van der Waals surface area contributed by atoms with E-state index >= 15 is 0 Å². The molecule has 1 heterocycles. The molecule has 5 nitrogen and oxygen atoms in total. The van der Waals surface area contributed by atoms with Crippen molar-refractivity contribution in [3.8, 4) is 0 Å². The smallest absolute Gasteiger partial charge is 0.326 e. The highest BCUT2D eigenvalue weighted by Gasteiger charge is 2.33. The van der Waals surface area contributed by atoms with Crippen molar-refractivity contribution in [3.63, 3.8) is 0 Å². The largest absolute Gasteiger partial charge is 0.480 e. The van der Waals surface area contributed by atoms with Crippen molar-refractivity contribution in [3.05, 3.63) is 21.3 Å². The molecule has 0 bridgehead atoms. The molecule has 0 aliphatic rings. The van der Waals surface area contributed by atoms with Gasteiger partial charge >= 0.3 is 12.0 Å². The Morgan fingerprint density at radius 3 is 2.45 bits per heavy atom. The SMILES string of the molecule is CN(Cc1ccc(Cl)s1)C(=O)N[C@@H](C(=O)O)C(C)(C)C. The highest BCUT2D eigenvalue weighted by molar-refractivity contribution is 7.16. The number of aliphatic carboxylic acids is 1. The van der Waals surface area contributed by atoms with Gasteiger partial charge in [-0.25, -0.2) is 9.59 Å². The molecule has 1 aromatic rings. The van der Waals surface area contributed by atoms with Gasteiger partial charge in [-0.2, -0.15) is 0 Å². The van der Waals surface area contributed by atoms with Gasteiger partial charge in [0.15, 0.2) is 0 Å². The summed E-state index contributed by atoms with van der Waals surface area (Å²) in [7, 11) is 1.62. The quantitative estimate of drug-likeness (QED) is 0.896. The van der Waals surface area contributed by atoms with Gasteiger partial charge < -0.3 is 15.3 Å². The second-order valence-corrected chi connectivity index (χ2v) is 7.45. The van der Waals surface area contributed by atoms with Crippen LogP contribution in [0.25, 0.3) is 0 Å². The van der Waals surface area contributed by atoms with Crippen LogP contribution in [0.2, 0.25) is 4.34 Å². The summed E-state index contributed by atoms with van der Waals surface area (Å²) in [5, 5.41) is 11.7. The molecule has 0 aliphatic heterocycles. The Morgan fingerprint density at radius 1 is 1.45 bits per heavy atom. The first-order valence-electron chi connectivity index (χ1n) is 6.10. The number of nitrogens with zero attached hydrogens (tertiary/aromatic N) is 1. The van der Waals surface area contributed by atoms with Crippen LogP contribution in [-0.2, 0) is 11.3 Å². The van der Waals surface area contributed by atoms with Crippen molar-refractivity contribution >= 4 is 34.9 Å². The monoisotopic (exact) mass is 318 g/mol. The molecule has 20 heavy (non-hydrogen) atoms. The number of thiophene rings is 1. The van der Waals surface area contributed by atoms with Gasteiger partial charge in [0.2, 0.25) is 0 Å². The van der Waals surface area contributed by atoms with Crippen LogP contribution in [0.4, 0.5) is 4.79 Å². The maximum Gasteiger partial charge on any atom is 0.326 e. The van der Waals surface area contributed by atoms with Crippen LogP contribution in [0.15, 0.2) is 12.1 Å². The van der Waals surface area contributed by atoms with E-state index in [1.807, 2.05) is 6.07 Å². The minimum absolute atomic E-state index is 0.389. The van der Waals surface area contributed by atoms with Gasteiger partial charge in [0.25, 0.3) is 0 Å². The lowest BCUT2D eigenvalue weighted by molar-refractivity contribution is -0.142. The molecule has 0 radical (unpaired) electrons. The summed E-state index contributed by atoms with van der Waals surface area (Å²) in [5.41, 5.74) is -0.561. The highest BCUT2D eigenvalue weighted by Crippen LogP contribution is 2.23. The fourth-order valence-electron chi connectivity index (χ4n) is 1.62. The molecular formula is C13H19ClN2O3S. The minimum Gasteiger partial charge on any atom is -0.480 e. The summed E-state index contributed by atoms with van der Waals surface area (Å²) in [6.07, 6.45) is 0. The van der Waals surface area contributed by atoms with Crippen molar-refractivity contribution in [1.29, 1.82) is 0 Å². The number of rotatable bonds is 4. The number of carbonyl (C=O) groups is 2. The van der Waals surface area contributed by atoms with Crippen molar-refractivity contribution in [1.82, 2.24) is 10.2 Å². The van der Waals surface area contributed by atoms with E-state index in [0.29, 0.717) is 10.9 Å². The molecule has 0 saturated heterocycles. The Hall–Kier alpha value is -1.27. The third-order valence-corrected chi connectivity index (χ3v) is 3.97. The molecule has 0 fully saturated rings. The number of carboxylic acids is 1. The number of hydrogen-bond acceptors (Lipinski definition) is 3. The number of carbonyl (C=O) groups excluding carboxylic acids is 1. The summed E-state index contributed by atoms with van der Waals surface area (Å²) < 4.78 is 0.659. The fraction of sp³-hybridized carbons (Fsp3) is 0.538. The molecule has 2 N–H and O–H groups in total. The van der Waals surface area contributed by atoms with Crippen LogP contribution in [0.3, 0.4) is 0 Å². The summed E-state index contributed by atoms with van der Waals surface area (Å²) in [6.45, 7) is 5.70. The molecule has 0 aliphatic carbocycles. The third-order valence-electron chi connectivity index (χ3n) is 2.75. The Kier molecular flexibility index (Phi) is 5.42. The number of urea groups is 1. The van der Waals surface area contributed by atoms with Gasteiger partial charge in [0.05, 0.1) is 10.9 Å². The van der Waals surface area contributed by atoms with Crippen LogP contribution < -0.4 is 5.32 Å². The molecule has 0 aromatic carbocycles. The van der Waals surface area contributed by atoms with Crippen molar-refractivity contribution in [2.75, 3.05) is 7.05 Å². The van der Waals surface area contributed by atoms with Gasteiger partial charge in [0.1, 0.15) is 6.04 Å². The predicted octanol–water partition coefficient (Wildman–Crippen LogP) is 3.04. The Balaban J connectivity index is 2.67. The van der Waals surface area contributed by atoms with Gasteiger partial charge in [-0.1, -0.05) is 32.4 Å². The van der Waals surface area contributed by atoms with Crippen LogP contribution in [0.5, 0.6) is 0 Å².